The molecule has 1 aliphatic carbocycles. The highest BCUT2D eigenvalue weighted by atomic mass is 19.1. The van der Waals surface area contributed by atoms with E-state index in [1.165, 1.54) is 12.3 Å². The number of anilines is 1. The average molecular weight is 261 g/mol. The van der Waals surface area contributed by atoms with Crippen LogP contribution in [0.2, 0.25) is 0 Å². The Balaban J connectivity index is 2.12. The van der Waals surface area contributed by atoms with Crippen LogP contribution in [0.3, 0.4) is 0 Å². The van der Waals surface area contributed by atoms with Crippen molar-refractivity contribution < 1.29 is 14.3 Å². The smallest absolute Gasteiger partial charge is 0.335 e. The lowest BCUT2D eigenvalue weighted by Crippen LogP contribution is -2.21. The second-order valence-electron chi connectivity index (χ2n) is 4.71. The van der Waals surface area contributed by atoms with Crippen LogP contribution < -0.4 is 4.90 Å². The summed E-state index contributed by atoms with van der Waals surface area (Å²) in [5.41, 5.74) is 0.207. The molecule has 1 aromatic carbocycles. The lowest BCUT2D eigenvalue weighted by Gasteiger charge is -2.16. The van der Waals surface area contributed by atoms with Crippen LogP contribution in [0.15, 0.2) is 18.3 Å². The summed E-state index contributed by atoms with van der Waals surface area (Å²) in [5.74, 6) is -1.29. The monoisotopic (exact) mass is 261 g/mol. The van der Waals surface area contributed by atoms with E-state index in [0.29, 0.717) is 17.5 Å². The molecule has 0 spiro atoms. The predicted molar refractivity (Wildman–Crippen MR) is 67.9 cm³/mol. The molecule has 98 valence electrons. The minimum absolute atomic E-state index is 0.108. The van der Waals surface area contributed by atoms with Gasteiger partial charge in [-0.2, -0.15) is 0 Å². The van der Waals surface area contributed by atoms with E-state index in [9.17, 15) is 9.18 Å². The molecule has 1 saturated carbocycles. The van der Waals surface area contributed by atoms with Crippen molar-refractivity contribution in [1.29, 1.82) is 0 Å². The van der Waals surface area contributed by atoms with Crippen molar-refractivity contribution in [2.75, 3.05) is 11.9 Å². The summed E-state index contributed by atoms with van der Waals surface area (Å²) in [6, 6.07) is 2.79. The van der Waals surface area contributed by atoms with E-state index in [-0.39, 0.29) is 10.9 Å². The summed E-state index contributed by atoms with van der Waals surface area (Å²) in [6.45, 7) is 0. The van der Waals surface area contributed by atoms with Crippen LogP contribution in [0.5, 0.6) is 0 Å². The van der Waals surface area contributed by atoms with E-state index < -0.39 is 11.8 Å². The standard InChI is InChI=1S/C13H12FN3O2/c1-17(8-2-3-8)13-15-6-9-10(14)4-7(12(18)19)5-11(9)16-13/h4-6,8H,2-3H2,1H3,(H,18,19). The molecule has 3 rings (SSSR count). The summed E-state index contributed by atoms with van der Waals surface area (Å²) < 4.78 is 13.8. The van der Waals surface area contributed by atoms with E-state index >= 15 is 0 Å². The van der Waals surface area contributed by atoms with Gasteiger partial charge in [0.25, 0.3) is 0 Å². The van der Waals surface area contributed by atoms with Gasteiger partial charge in [-0.05, 0) is 25.0 Å². The normalized spacial score (nSPS) is 14.6. The molecule has 6 heteroatoms. The third-order valence-corrected chi connectivity index (χ3v) is 3.29. The number of carboxylic acids is 1. The van der Waals surface area contributed by atoms with Gasteiger partial charge in [-0.15, -0.1) is 0 Å². The molecule has 1 N–H and O–H groups in total. The van der Waals surface area contributed by atoms with Gasteiger partial charge >= 0.3 is 5.97 Å². The SMILES string of the molecule is CN(c1ncc2c(F)cc(C(=O)O)cc2n1)C1CC1. The molecule has 0 atom stereocenters. The zero-order valence-electron chi connectivity index (χ0n) is 10.3. The van der Waals surface area contributed by atoms with Crippen LogP contribution >= 0.6 is 0 Å². The number of nitrogens with zero attached hydrogens (tertiary/aromatic N) is 3. The zero-order valence-corrected chi connectivity index (χ0v) is 10.3. The molecule has 0 amide bonds. The molecule has 2 aromatic rings. The lowest BCUT2D eigenvalue weighted by molar-refractivity contribution is 0.0696. The van der Waals surface area contributed by atoms with E-state index in [1.54, 1.807) is 0 Å². The molecule has 1 aliphatic rings. The fourth-order valence-corrected chi connectivity index (χ4v) is 2.00. The Kier molecular flexibility index (Phi) is 2.58. The predicted octanol–water partition coefficient (Wildman–Crippen LogP) is 2.07. The van der Waals surface area contributed by atoms with Crippen LogP contribution in [0.1, 0.15) is 23.2 Å². The quantitative estimate of drug-likeness (QED) is 0.916. The Morgan fingerprint density at radius 3 is 2.84 bits per heavy atom. The van der Waals surface area contributed by atoms with Crippen LogP contribution in [-0.2, 0) is 0 Å². The van der Waals surface area contributed by atoms with E-state index in [4.69, 9.17) is 5.11 Å². The van der Waals surface area contributed by atoms with Crippen LogP contribution in [0, 0.1) is 5.82 Å². The number of fused-ring (bicyclic) bond motifs is 1. The van der Waals surface area contributed by atoms with Gasteiger partial charge < -0.3 is 10.0 Å². The van der Waals surface area contributed by atoms with Gasteiger partial charge in [0, 0.05) is 19.3 Å². The fourth-order valence-electron chi connectivity index (χ4n) is 2.00. The van der Waals surface area contributed by atoms with E-state index in [0.717, 1.165) is 18.9 Å². The first kappa shape index (κ1) is 11.8. The summed E-state index contributed by atoms with van der Waals surface area (Å²) >= 11 is 0. The van der Waals surface area contributed by atoms with Gasteiger partial charge in [0.2, 0.25) is 5.95 Å². The Bertz CT molecular complexity index is 670. The van der Waals surface area contributed by atoms with E-state index in [1.807, 2.05) is 11.9 Å². The van der Waals surface area contributed by atoms with Crippen molar-refractivity contribution in [1.82, 2.24) is 9.97 Å². The summed E-state index contributed by atoms with van der Waals surface area (Å²) in [4.78, 5) is 21.2. The Morgan fingerprint density at radius 2 is 2.21 bits per heavy atom. The molecule has 1 aromatic heterocycles. The van der Waals surface area contributed by atoms with Crippen molar-refractivity contribution in [3.05, 3.63) is 29.7 Å². The lowest BCUT2D eigenvalue weighted by atomic mass is 10.1. The zero-order chi connectivity index (χ0) is 13.6. The number of aromatic nitrogens is 2. The van der Waals surface area contributed by atoms with Gasteiger partial charge in [0.05, 0.1) is 16.5 Å². The minimum atomic E-state index is -1.17. The number of halogens is 1. The molecule has 1 heterocycles. The first-order valence-corrected chi connectivity index (χ1v) is 5.98. The number of hydrogen-bond donors (Lipinski definition) is 1. The van der Waals surface area contributed by atoms with Gasteiger partial charge in [-0.25, -0.2) is 19.2 Å². The number of carboxylic acid groups (broad SMARTS) is 1. The maximum absolute atomic E-state index is 13.8. The Morgan fingerprint density at radius 1 is 1.47 bits per heavy atom. The number of aromatic carboxylic acids is 1. The van der Waals surface area contributed by atoms with Crippen molar-refractivity contribution in [3.8, 4) is 0 Å². The van der Waals surface area contributed by atoms with Gasteiger partial charge in [-0.1, -0.05) is 0 Å². The summed E-state index contributed by atoms with van der Waals surface area (Å²) in [7, 11) is 1.89. The largest absolute Gasteiger partial charge is 0.478 e. The van der Waals surface area contributed by atoms with Gasteiger partial charge in [-0.3, -0.25) is 0 Å². The molecule has 0 radical (unpaired) electrons. The molecule has 1 fully saturated rings. The van der Waals surface area contributed by atoms with Crippen molar-refractivity contribution >= 4 is 22.8 Å². The van der Waals surface area contributed by atoms with Crippen LogP contribution in [0.25, 0.3) is 10.9 Å². The highest BCUT2D eigenvalue weighted by Crippen LogP contribution is 2.29. The molecular formula is C13H12FN3O2. The topological polar surface area (TPSA) is 66.3 Å². The number of benzene rings is 1. The molecule has 0 aliphatic heterocycles. The first-order valence-electron chi connectivity index (χ1n) is 5.98. The third-order valence-electron chi connectivity index (χ3n) is 3.29. The number of hydrogen-bond acceptors (Lipinski definition) is 4. The van der Waals surface area contributed by atoms with Crippen molar-refractivity contribution in [2.24, 2.45) is 0 Å². The molecule has 0 bridgehead atoms. The number of rotatable bonds is 3. The average Bonchev–Trinajstić information content (AvgIpc) is 3.21. The molecule has 0 saturated heterocycles. The molecule has 5 nitrogen and oxygen atoms in total. The van der Waals surface area contributed by atoms with Gasteiger partial charge in [0.1, 0.15) is 5.82 Å². The maximum atomic E-state index is 13.8. The Labute approximate surface area is 108 Å². The second kappa shape index (κ2) is 4.15. The second-order valence-corrected chi connectivity index (χ2v) is 4.71. The third kappa shape index (κ3) is 2.09. The molecule has 19 heavy (non-hydrogen) atoms. The minimum Gasteiger partial charge on any atom is -0.478 e. The molecule has 0 unspecified atom stereocenters. The van der Waals surface area contributed by atoms with E-state index in [2.05, 4.69) is 9.97 Å². The van der Waals surface area contributed by atoms with Crippen LogP contribution in [-0.4, -0.2) is 34.1 Å². The summed E-state index contributed by atoms with van der Waals surface area (Å²) in [5, 5.41) is 9.16. The Hall–Kier alpha value is -2.24. The maximum Gasteiger partial charge on any atom is 0.335 e. The van der Waals surface area contributed by atoms with Crippen LogP contribution in [0.4, 0.5) is 10.3 Å². The highest BCUT2D eigenvalue weighted by molar-refractivity contribution is 5.93. The number of carbonyl (C=O) groups is 1. The fraction of sp³-hybridized carbons (Fsp3) is 0.308. The summed E-state index contributed by atoms with van der Waals surface area (Å²) in [6.07, 6.45) is 3.60. The molecular weight excluding hydrogens is 249 g/mol. The van der Waals surface area contributed by atoms with Crippen molar-refractivity contribution in [2.45, 2.75) is 18.9 Å². The van der Waals surface area contributed by atoms with Gasteiger partial charge in [0.15, 0.2) is 0 Å². The highest BCUT2D eigenvalue weighted by Gasteiger charge is 2.28. The first-order chi connectivity index (χ1) is 9.06. The van der Waals surface area contributed by atoms with Crippen molar-refractivity contribution in [3.63, 3.8) is 0 Å².